The van der Waals surface area contributed by atoms with E-state index in [-0.39, 0.29) is 17.9 Å². The smallest absolute Gasteiger partial charge is 0.276 e. The highest BCUT2D eigenvalue weighted by Crippen LogP contribution is 2.33. The summed E-state index contributed by atoms with van der Waals surface area (Å²) in [6.45, 7) is 7.80. The van der Waals surface area contributed by atoms with Crippen molar-refractivity contribution in [2.75, 3.05) is 19.7 Å². The van der Waals surface area contributed by atoms with Crippen LogP contribution < -0.4 is 0 Å². The normalized spacial score (nSPS) is 23.4. The number of ether oxygens (including phenoxy) is 1. The van der Waals surface area contributed by atoms with Crippen LogP contribution in [0.5, 0.6) is 0 Å². The summed E-state index contributed by atoms with van der Waals surface area (Å²) >= 11 is 0. The van der Waals surface area contributed by atoms with Crippen molar-refractivity contribution in [1.29, 1.82) is 0 Å². The first-order valence-electron chi connectivity index (χ1n) is 7.94. The molecule has 1 aliphatic carbocycles. The monoisotopic (exact) mass is 292 g/mol. The van der Waals surface area contributed by atoms with E-state index >= 15 is 0 Å². The third-order valence-electron chi connectivity index (χ3n) is 4.57. The molecule has 5 heteroatoms. The molecule has 1 amide bonds. The maximum Gasteiger partial charge on any atom is 0.276 e. The molecular formula is C16H24N2O3. The fourth-order valence-electron chi connectivity index (χ4n) is 2.97. The molecule has 1 aromatic heterocycles. The highest BCUT2D eigenvalue weighted by molar-refractivity contribution is 5.93. The van der Waals surface area contributed by atoms with Gasteiger partial charge in [-0.2, -0.15) is 0 Å². The van der Waals surface area contributed by atoms with Crippen LogP contribution in [0.2, 0.25) is 0 Å². The van der Waals surface area contributed by atoms with Crippen molar-refractivity contribution in [3.05, 3.63) is 17.3 Å². The van der Waals surface area contributed by atoms with Crippen LogP contribution in [0.1, 0.15) is 61.2 Å². The quantitative estimate of drug-likeness (QED) is 0.859. The number of morpholine rings is 1. The summed E-state index contributed by atoms with van der Waals surface area (Å²) in [4.78, 5) is 18.9. The van der Waals surface area contributed by atoms with Gasteiger partial charge in [-0.1, -0.05) is 20.3 Å². The molecule has 5 nitrogen and oxygen atoms in total. The Labute approximate surface area is 125 Å². The van der Waals surface area contributed by atoms with Crippen LogP contribution in [-0.4, -0.2) is 41.6 Å². The minimum absolute atomic E-state index is 0.0178. The number of hydrogen-bond donors (Lipinski definition) is 0. The summed E-state index contributed by atoms with van der Waals surface area (Å²) in [6, 6.07) is 0. The lowest BCUT2D eigenvalue weighted by Gasteiger charge is -2.40. The molecule has 2 fully saturated rings. The van der Waals surface area contributed by atoms with E-state index < -0.39 is 0 Å². The van der Waals surface area contributed by atoms with Crippen molar-refractivity contribution in [1.82, 2.24) is 9.88 Å². The fourth-order valence-corrected chi connectivity index (χ4v) is 2.97. The van der Waals surface area contributed by atoms with Gasteiger partial charge in [-0.05, 0) is 25.7 Å². The lowest BCUT2D eigenvalue weighted by Crippen LogP contribution is -2.49. The van der Waals surface area contributed by atoms with E-state index in [2.05, 4.69) is 4.98 Å². The van der Waals surface area contributed by atoms with Gasteiger partial charge in [-0.3, -0.25) is 4.79 Å². The third-order valence-corrected chi connectivity index (χ3v) is 4.57. The van der Waals surface area contributed by atoms with Crippen LogP contribution in [0.3, 0.4) is 0 Å². The van der Waals surface area contributed by atoms with Gasteiger partial charge >= 0.3 is 0 Å². The zero-order valence-corrected chi connectivity index (χ0v) is 13.1. The molecule has 1 atom stereocenters. The van der Waals surface area contributed by atoms with E-state index in [1.165, 1.54) is 19.3 Å². The number of hydrogen-bond acceptors (Lipinski definition) is 4. The summed E-state index contributed by atoms with van der Waals surface area (Å²) in [5.74, 6) is 2.06. The molecule has 0 spiro atoms. The fraction of sp³-hybridized carbons (Fsp3) is 0.750. The molecule has 2 heterocycles. The number of carbonyl (C=O) groups excluding carboxylic acids is 1. The molecule has 0 radical (unpaired) electrons. The lowest BCUT2D eigenvalue weighted by molar-refractivity contribution is -0.0660. The van der Waals surface area contributed by atoms with Gasteiger partial charge in [-0.25, -0.2) is 4.98 Å². The Morgan fingerprint density at radius 3 is 2.71 bits per heavy atom. The second kappa shape index (κ2) is 5.79. The number of aromatic nitrogens is 1. The van der Waals surface area contributed by atoms with Crippen molar-refractivity contribution in [2.45, 2.75) is 52.1 Å². The number of rotatable bonds is 3. The Bertz CT molecular complexity index is 520. The number of nitrogens with zero attached hydrogens (tertiary/aromatic N) is 2. The van der Waals surface area contributed by atoms with Gasteiger partial charge in [0.05, 0.1) is 12.7 Å². The Kier molecular flexibility index (Phi) is 4.02. The van der Waals surface area contributed by atoms with Crippen molar-refractivity contribution >= 4 is 5.91 Å². The number of aryl methyl sites for hydroxylation is 1. The van der Waals surface area contributed by atoms with Crippen molar-refractivity contribution in [3.8, 4) is 0 Å². The van der Waals surface area contributed by atoms with Crippen LogP contribution in [0.4, 0.5) is 0 Å². The summed E-state index contributed by atoms with van der Waals surface area (Å²) in [5, 5.41) is 0. The maximum absolute atomic E-state index is 12.7. The van der Waals surface area contributed by atoms with Gasteiger partial charge in [0.15, 0.2) is 11.6 Å². The molecule has 0 bridgehead atoms. The molecule has 1 unspecified atom stereocenters. The van der Waals surface area contributed by atoms with Gasteiger partial charge < -0.3 is 14.1 Å². The predicted molar refractivity (Wildman–Crippen MR) is 78.3 cm³/mol. The summed E-state index contributed by atoms with van der Waals surface area (Å²) in [7, 11) is 0. The van der Waals surface area contributed by atoms with Gasteiger partial charge in [0.1, 0.15) is 5.76 Å². The van der Waals surface area contributed by atoms with Gasteiger partial charge in [0, 0.05) is 19.0 Å². The molecule has 116 valence electrons. The van der Waals surface area contributed by atoms with E-state index in [0.717, 1.165) is 0 Å². The van der Waals surface area contributed by atoms with E-state index in [0.29, 0.717) is 43.0 Å². The molecule has 2 aliphatic rings. The first kappa shape index (κ1) is 14.6. The third kappa shape index (κ3) is 2.84. The Balaban J connectivity index is 1.71. The van der Waals surface area contributed by atoms with Gasteiger partial charge in [0.25, 0.3) is 5.91 Å². The zero-order valence-electron chi connectivity index (χ0n) is 13.1. The highest BCUT2D eigenvalue weighted by Gasteiger charge is 2.35. The van der Waals surface area contributed by atoms with Crippen molar-refractivity contribution in [3.63, 3.8) is 0 Å². The highest BCUT2D eigenvalue weighted by atomic mass is 16.5. The Morgan fingerprint density at radius 2 is 2.14 bits per heavy atom. The molecule has 1 aliphatic heterocycles. The topological polar surface area (TPSA) is 55.6 Å². The van der Waals surface area contributed by atoms with Crippen LogP contribution in [0.25, 0.3) is 0 Å². The molecule has 3 rings (SSSR count). The minimum atomic E-state index is -0.0178. The minimum Gasteiger partial charge on any atom is -0.445 e. The predicted octanol–water partition coefficient (Wildman–Crippen LogP) is 2.75. The first-order chi connectivity index (χ1) is 10.1. The Hall–Kier alpha value is -1.36. The summed E-state index contributed by atoms with van der Waals surface area (Å²) in [5.41, 5.74) is 0.466. The first-order valence-corrected chi connectivity index (χ1v) is 7.94. The van der Waals surface area contributed by atoms with E-state index in [9.17, 15) is 4.79 Å². The molecule has 1 saturated carbocycles. The molecular weight excluding hydrogens is 268 g/mol. The Morgan fingerprint density at radius 1 is 1.38 bits per heavy atom. The average Bonchev–Trinajstić information content (AvgIpc) is 2.79. The zero-order chi connectivity index (χ0) is 15.0. The van der Waals surface area contributed by atoms with Crippen LogP contribution >= 0.6 is 0 Å². The molecule has 21 heavy (non-hydrogen) atoms. The van der Waals surface area contributed by atoms with E-state index in [1.54, 1.807) is 0 Å². The van der Waals surface area contributed by atoms with Crippen LogP contribution in [0.15, 0.2) is 4.42 Å². The second-order valence-corrected chi connectivity index (χ2v) is 6.46. The average molecular weight is 292 g/mol. The standard InChI is InChI=1S/C16H24N2O3/c1-10(2)15-17-14(11(3)21-15)16(19)18-7-8-20-13(9-18)12-5-4-6-12/h10,12-13H,4-9H2,1-3H3. The summed E-state index contributed by atoms with van der Waals surface area (Å²) < 4.78 is 11.4. The largest absolute Gasteiger partial charge is 0.445 e. The number of carbonyl (C=O) groups is 1. The maximum atomic E-state index is 12.7. The molecule has 0 aromatic carbocycles. The van der Waals surface area contributed by atoms with Gasteiger partial charge in [-0.15, -0.1) is 0 Å². The van der Waals surface area contributed by atoms with Crippen molar-refractivity contribution in [2.24, 2.45) is 5.92 Å². The lowest BCUT2D eigenvalue weighted by atomic mass is 9.80. The molecule has 1 aromatic rings. The second-order valence-electron chi connectivity index (χ2n) is 6.46. The van der Waals surface area contributed by atoms with Crippen LogP contribution in [-0.2, 0) is 4.74 Å². The summed E-state index contributed by atoms with van der Waals surface area (Å²) in [6.07, 6.45) is 3.95. The van der Waals surface area contributed by atoms with Crippen LogP contribution in [0, 0.1) is 12.8 Å². The van der Waals surface area contributed by atoms with E-state index in [1.807, 2.05) is 25.7 Å². The molecule has 1 saturated heterocycles. The van der Waals surface area contributed by atoms with Gasteiger partial charge in [0.2, 0.25) is 0 Å². The number of oxazole rings is 1. The van der Waals surface area contributed by atoms with E-state index in [4.69, 9.17) is 9.15 Å². The molecule has 0 N–H and O–H groups in total. The van der Waals surface area contributed by atoms with Crippen molar-refractivity contribution < 1.29 is 13.9 Å². The number of amides is 1. The SMILES string of the molecule is Cc1oc(C(C)C)nc1C(=O)N1CCOC(C2CCC2)C1.